The number of aliphatic carboxylic acids is 1. The number of hydrogen-bond acceptors (Lipinski definition) is 7. The second kappa shape index (κ2) is 14.1. The van der Waals surface area contributed by atoms with Gasteiger partial charge in [0.1, 0.15) is 18.7 Å². The van der Waals surface area contributed by atoms with Crippen LogP contribution in [0.5, 0.6) is 0 Å². The minimum atomic E-state index is -1.33. The largest absolute Gasteiger partial charge is 0.480 e. The molecule has 0 aliphatic heterocycles. The van der Waals surface area contributed by atoms with Crippen molar-refractivity contribution in [3.63, 3.8) is 0 Å². The molecule has 0 saturated carbocycles. The number of hydrogen-bond donors (Lipinski definition) is 4. The predicted molar refractivity (Wildman–Crippen MR) is 141 cm³/mol. The van der Waals surface area contributed by atoms with Gasteiger partial charge in [-0.25, -0.2) is 14.4 Å². The summed E-state index contributed by atoms with van der Waals surface area (Å²) in [6.07, 6.45) is 0.675. The highest BCUT2D eigenvalue weighted by molar-refractivity contribution is 5.85. The molecule has 2 aromatic carbocycles. The number of carboxylic acids is 1. The van der Waals surface area contributed by atoms with Crippen LogP contribution in [-0.4, -0.2) is 68.4 Å². The Hall–Kier alpha value is -3.92. The Kier molecular flexibility index (Phi) is 10.7. The van der Waals surface area contributed by atoms with Gasteiger partial charge in [-0.05, 0) is 61.5 Å². The summed E-state index contributed by atoms with van der Waals surface area (Å²) in [5.74, 6) is -2.52. The molecule has 3 rings (SSSR count). The quantitative estimate of drug-likeness (QED) is 0.218. The monoisotopic (exact) mass is 525 g/mol. The molecule has 1 unspecified atom stereocenters. The second-order valence-electron chi connectivity index (χ2n) is 9.14. The molecule has 0 radical (unpaired) electrons. The standard InChI is InChI=1S/C28H35N3O7/c1-29-16-8-7-13-24(27(35)37-2)30-25(32)15-14-23(26(33)34)31-28(36)38-17-22-20-11-5-3-9-18(20)19-10-4-6-12-21(19)22/h3-6,9-12,22-24,29H,7-8,13-17H2,1-2H3,(H,30,32)(H,31,36)(H,33,34)/t23?,24-/m0/s1. The predicted octanol–water partition coefficient (Wildman–Crippen LogP) is 2.81. The summed E-state index contributed by atoms with van der Waals surface area (Å²) in [5.41, 5.74) is 4.25. The Morgan fingerprint density at radius 1 is 0.895 bits per heavy atom. The topological polar surface area (TPSA) is 143 Å². The molecular weight excluding hydrogens is 490 g/mol. The van der Waals surface area contributed by atoms with Gasteiger partial charge in [0.2, 0.25) is 5.91 Å². The third-order valence-electron chi connectivity index (χ3n) is 6.58. The molecule has 38 heavy (non-hydrogen) atoms. The normalized spacial score (nSPS) is 13.5. The number of fused-ring (bicyclic) bond motifs is 3. The van der Waals surface area contributed by atoms with Crippen molar-refractivity contribution in [1.29, 1.82) is 0 Å². The van der Waals surface area contributed by atoms with Gasteiger partial charge in [-0.1, -0.05) is 48.5 Å². The average Bonchev–Trinajstić information content (AvgIpc) is 3.24. The summed E-state index contributed by atoms with van der Waals surface area (Å²) < 4.78 is 10.2. The average molecular weight is 526 g/mol. The van der Waals surface area contributed by atoms with Crippen LogP contribution in [-0.2, 0) is 23.9 Å². The van der Waals surface area contributed by atoms with E-state index in [9.17, 15) is 24.3 Å². The van der Waals surface area contributed by atoms with E-state index in [0.29, 0.717) is 12.8 Å². The van der Waals surface area contributed by atoms with Gasteiger partial charge >= 0.3 is 18.0 Å². The lowest BCUT2D eigenvalue weighted by atomic mass is 9.98. The number of carbonyl (C=O) groups is 4. The van der Waals surface area contributed by atoms with Crippen molar-refractivity contribution in [2.24, 2.45) is 0 Å². The molecule has 2 aromatic rings. The number of methoxy groups -OCH3 is 1. The van der Waals surface area contributed by atoms with Crippen molar-refractivity contribution >= 4 is 23.9 Å². The summed E-state index contributed by atoms with van der Waals surface area (Å²) in [7, 11) is 3.07. The van der Waals surface area contributed by atoms with Crippen molar-refractivity contribution in [3.05, 3.63) is 59.7 Å². The Morgan fingerprint density at radius 2 is 1.53 bits per heavy atom. The molecule has 0 heterocycles. The molecular formula is C28H35N3O7. The fourth-order valence-electron chi connectivity index (χ4n) is 4.62. The van der Waals surface area contributed by atoms with Gasteiger partial charge in [0.15, 0.2) is 0 Å². The number of carbonyl (C=O) groups excluding carboxylic acids is 3. The maximum atomic E-state index is 12.5. The Morgan fingerprint density at radius 3 is 2.11 bits per heavy atom. The zero-order valence-electron chi connectivity index (χ0n) is 21.7. The molecule has 1 aliphatic carbocycles. The number of esters is 1. The maximum Gasteiger partial charge on any atom is 0.407 e. The highest BCUT2D eigenvalue weighted by Gasteiger charge is 2.30. The number of benzene rings is 2. The van der Waals surface area contributed by atoms with E-state index in [4.69, 9.17) is 9.47 Å². The lowest BCUT2D eigenvalue weighted by Crippen LogP contribution is -2.44. The van der Waals surface area contributed by atoms with Crippen LogP contribution in [0.3, 0.4) is 0 Å². The van der Waals surface area contributed by atoms with Gasteiger partial charge < -0.3 is 30.5 Å². The van der Waals surface area contributed by atoms with E-state index in [1.165, 1.54) is 7.11 Å². The molecule has 2 atom stereocenters. The van der Waals surface area contributed by atoms with Crippen molar-refractivity contribution in [2.45, 2.75) is 50.1 Å². The Balaban J connectivity index is 1.51. The van der Waals surface area contributed by atoms with Crippen molar-refractivity contribution < 1.29 is 33.8 Å². The summed E-state index contributed by atoms with van der Waals surface area (Å²) in [5, 5.41) is 17.5. The first-order valence-corrected chi connectivity index (χ1v) is 12.7. The van der Waals surface area contributed by atoms with Gasteiger partial charge in [0.05, 0.1) is 7.11 Å². The molecule has 2 amide bonds. The zero-order valence-corrected chi connectivity index (χ0v) is 21.7. The van der Waals surface area contributed by atoms with Gasteiger partial charge in [-0.3, -0.25) is 4.79 Å². The van der Waals surface area contributed by atoms with Crippen molar-refractivity contribution in [3.8, 4) is 11.1 Å². The van der Waals surface area contributed by atoms with Gasteiger partial charge in [0.25, 0.3) is 0 Å². The Labute approximate surface area is 222 Å². The van der Waals surface area contributed by atoms with E-state index < -0.39 is 36.0 Å². The van der Waals surface area contributed by atoms with Crippen molar-refractivity contribution in [2.75, 3.05) is 27.3 Å². The van der Waals surface area contributed by atoms with Crippen LogP contribution in [0, 0.1) is 0 Å². The Bertz CT molecular complexity index is 1090. The van der Waals surface area contributed by atoms with E-state index in [1.54, 1.807) is 0 Å². The smallest absolute Gasteiger partial charge is 0.407 e. The summed E-state index contributed by atoms with van der Waals surface area (Å²) in [6.45, 7) is 0.824. The number of amides is 2. The summed E-state index contributed by atoms with van der Waals surface area (Å²) >= 11 is 0. The maximum absolute atomic E-state index is 12.5. The lowest BCUT2D eigenvalue weighted by Gasteiger charge is -2.19. The summed E-state index contributed by atoms with van der Waals surface area (Å²) in [6, 6.07) is 13.6. The van der Waals surface area contributed by atoms with Gasteiger partial charge in [-0.15, -0.1) is 0 Å². The molecule has 0 fully saturated rings. The second-order valence-corrected chi connectivity index (χ2v) is 9.14. The highest BCUT2D eigenvalue weighted by Crippen LogP contribution is 2.44. The molecule has 0 spiro atoms. The zero-order chi connectivity index (χ0) is 27.5. The fraction of sp³-hybridized carbons (Fsp3) is 0.429. The SMILES string of the molecule is CNCCCC[C@H](NC(=O)CCC(NC(=O)OCC1c2ccccc2-c2ccccc21)C(=O)O)C(=O)OC. The first-order chi connectivity index (χ1) is 18.3. The van der Waals surface area contributed by atoms with Crippen LogP contribution in [0.2, 0.25) is 0 Å². The lowest BCUT2D eigenvalue weighted by molar-refractivity contribution is -0.145. The highest BCUT2D eigenvalue weighted by atomic mass is 16.5. The van der Waals surface area contributed by atoms with E-state index in [1.807, 2.05) is 55.6 Å². The number of unbranched alkanes of at least 4 members (excludes halogenated alkanes) is 1. The molecule has 4 N–H and O–H groups in total. The molecule has 204 valence electrons. The first-order valence-electron chi connectivity index (χ1n) is 12.7. The molecule has 1 aliphatic rings. The number of ether oxygens (including phenoxy) is 2. The van der Waals surface area contributed by atoms with E-state index in [-0.39, 0.29) is 25.4 Å². The van der Waals surface area contributed by atoms with Crippen LogP contribution in [0.1, 0.15) is 49.1 Å². The third kappa shape index (κ3) is 7.55. The van der Waals surface area contributed by atoms with E-state index >= 15 is 0 Å². The van der Waals surface area contributed by atoms with Crippen LogP contribution in [0.15, 0.2) is 48.5 Å². The van der Waals surface area contributed by atoms with Crippen LogP contribution < -0.4 is 16.0 Å². The number of rotatable bonds is 14. The third-order valence-corrected chi connectivity index (χ3v) is 6.58. The van der Waals surface area contributed by atoms with Crippen molar-refractivity contribution in [1.82, 2.24) is 16.0 Å². The number of alkyl carbamates (subject to hydrolysis) is 1. The number of carboxylic acid groups (broad SMARTS) is 1. The van der Waals surface area contributed by atoms with Gasteiger partial charge in [-0.2, -0.15) is 0 Å². The van der Waals surface area contributed by atoms with E-state index in [2.05, 4.69) is 16.0 Å². The molecule has 0 saturated heterocycles. The summed E-state index contributed by atoms with van der Waals surface area (Å²) in [4.78, 5) is 48.7. The van der Waals surface area contributed by atoms with Crippen LogP contribution >= 0.6 is 0 Å². The first kappa shape index (κ1) is 28.6. The number of nitrogens with one attached hydrogen (secondary N) is 3. The minimum absolute atomic E-state index is 0.0427. The van der Waals surface area contributed by atoms with Gasteiger partial charge in [0, 0.05) is 12.3 Å². The van der Waals surface area contributed by atoms with E-state index in [0.717, 1.165) is 35.2 Å². The van der Waals surface area contributed by atoms with Crippen LogP contribution in [0.25, 0.3) is 11.1 Å². The molecule has 10 heteroatoms. The molecule has 0 aromatic heterocycles. The molecule has 0 bridgehead atoms. The van der Waals surface area contributed by atoms with Crippen LogP contribution in [0.4, 0.5) is 4.79 Å². The fourth-order valence-corrected chi connectivity index (χ4v) is 4.62. The molecule has 10 nitrogen and oxygen atoms in total. The minimum Gasteiger partial charge on any atom is -0.480 e.